The molecule has 0 radical (unpaired) electrons. The van der Waals surface area contributed by atoms with Crippen molar-refractivity contribution in [1.82, 2.24) is 4.90 Å². The highest BCUT2D eigenvalue weighted by atomic mass is 16.3. The van der Waals surface area contributed by atoms with Crippen LogP contribution in [0.2, 0.25) is 0 Å². The largest absolute Gasteiger partial charge is 0.510 e. The molecule has 0 aliphatic heterocycles. The van der Waals surface area contributed by atoms with Crippen molar-refractivity contribution in [3.63, 3.8) is 0 Å². The molecule has 7 N–H and O–H groups in total. The number of carbonyl (C=O) groups is 2. The molecule has 1 aromatic rings. The second-order valence-electron chi connectivity index (χ2n) is 10.0. The maximum absolute atomic E-state index is 13.9. The van der Waals surface area contributed by atoms with Crippen LogP contribution >= 0.6 is 0 Å². The zero-order chi connectivity index (χ0) is 26.1. The average molecular weight is 485 g/mol. The van der Waals surface area contributed by atoms with Gasteiger partial charge in [0.1, 0.15) is 22.8 Å². The van der Waals surface area contributed by atoms with Crippen molar-refractivity contribution >= 4 is 28.8 Å². The summed E-state index contributed by atoms with van der Waals surface area (Å²) in [6, 6.07) is 0.912. The van der Waals surface area contributed by atoms with E-state index in [1.54, 1.807) is 19.0 Å². The van der Waals surface area contributed by atoms with E-state index in [0.717, 1.165) is 5.69 Å². The number of carbonyl (C=O) groups excluding carboxylic acids is 2. The molecule has 10 nitrogen and oxygen atoms in total. The van der Waals surface area contributed by atoms with Crippen molar-refractivity contribution < 1.29 is 30.0 Å². The number of aliphatic hydroxyl groups is 3. The summed E-state index contributed by atoms with van der Waals surface area (Å²) < 4.78 is 0. The van der Waals surface area contributed by atoms with E-state index in [4.69, 9.17) is 11.1 Å². The molecule has 3 aliphatic carbocycles. The summed E-state index contributed by atoms with van der Waals surface area (Å²) in [5.74, 6) is -4.57. The fourth-order valence-corrected chi connectivity index (χ4v) is 6.07. The minimum Gasteiger partial charge on any atom is -0.510 e. The lowest BCUT2D eigenvalue weighted by Gasteiger charge is -2.51. The minimum absolute atomic E-state index is 0.0861. The van der Waals surface area contributed by atoms with Gasteiger partial charge in [0.05, 0.1) is 17.3 Å². The average Bonchev–Trinajstić information content (AvgIpc) is 2.75. The molecule has 1 aromatic carbocycles. The lowest BCUT2D eigenvalue weighted by atomic mass is 9.56. The molecule has 4 rings (SSSR count). The van der Waals surface area contributed by atoms with E-state index in [2.05, 4.69) is 0 Å². The summed E-state index contributed by atoms with van der Waals surface area (Å²) in [6.07, 6.45) is 0.942. The Labute approximate surface area is 203 Å². The Morgan fingerprint density at radius 3 is 2.37 bits per heavy atom. The van der Waals surface area contributed by atoms with Crippen LogP contribution in [0.15, 0.2) is 23.0 Å². The van der Waals surface area contributed by atoms with Crippen LogP contribution in [0.3, 0.4) is 0 Å². The SMILES string of the molecule is CCc1cc(N(C)C)c2c(c1O)C(O)=C1C(=O)[C@]3(O)C(=N)C(C(N)=O)=C(O)[C@H](N(C)C)[C@@H]3C[C@@H]1C2. The summed E-state index contributed by atoms with van der Waals surface area (Å²) in [7, 11) is 6.97. The molecule has 10 heteroatoms. The lowest BCUT2D eigenvalue weighted by Crippen LogP contribution is -2.67. The maximum Gasteiger partial charge on any atom is 0.254 e. The van der Waals surface area contributed by atoms with E-state index in [-0.39, 0.29) is 23.3 Å². The van der Waals surface area contributed by atoms with Gasteiger partial charge < -0.3 is 36.5 Å². The number of hydrogen-bond acceptors (Lipinski definition) is 9. The number of nitrogens with zero attached hydrogens (tertiary/aromatic N) is 2. The van der Waals surface area contributed by atoms with Crippen LogP contribution in [0.25, 0.3) is 5.76 Å². The molecule has 4 atom stereocenters. The van der Waals surface area contributed by atoms with Crippen molar-refractivity contribution in [3.8, 4) is 5.75 Å². The molecular weight excluding hydrogens is 452 g/mol. The van der Waals surface area contributed by atoms with Crippen LogP contribution in [0.5, 0.6) is 5.75 Å². The van der Waals surface area contributed by atoms with Crippen LogP contribution in [-0.2, 0) is 22.4 Å². The first-order chi connectivity index (χ1) is 16.3. The first kappa shape index (κ1) is 24.7. The Bertz CT molecular complexity index is 1230. The first-order valence-corrected chi connectivity index (χ1v) is 11.5. The Kier molecular flexibility index (Phi) is 5.72. The predicted octanol–water partition coefficient (Wildman–Crippen LogP) is 1.04. The zero-order valence-corrected chi connectivity index (χ0v) is 20.5. The molecule has 3 aliphatic rings. The highest BCUT2D eigenvalue weighted by molar-refractivity contribution is 6.34. The Balaban J connectivity index is 1.99. The zero-order valence-electron chi connectivity index (χ0n) is 20.5. The summed E-state index contributed by atoms with van der Waals surface area (Å²) in [5.41, 5.74) is 3.70. The topological polar surface area (TPSA) is 171 Å². The van der Waals surface area contributed by atoms with Gasteiger partial charge in [0, 0.05) is 31.3 Å². The number of aromatic hydroxyl groups is 1. The van der Waals surface area contributed by atoms with Gasteiger partial charge in [-0.2, -0.15) is 0 Å². The van der Waals surface area contributed by atoms with Gasteiger partial charge in [0.15, 0.2) is 5.60 Å². The molecule has 1 saturated carbocycles. The number of aryl methyl sites for hydroxylation is 1. The number of phenols is 1. The van der Waals surface area contributed by atoms with Gasteiger partial charge in [0.25, 0.3) is 5.91 Å². The van der Waals surface area contributed by atoms with E-state index in [1.165, 1.54) is 0 Å². The van der Waals surface area contributed by atoms with Gasteiger partial charge in [0.2, 0.25) is 5.78 Å². The maximum atomic E-state index is 13.9. The molecule has 1 fully saturated rings. The molecule has 0 heterocycles. The third kappa shape index (κ3) is 3.20. The molecule has 35 heavy (non-hydrogen) atoms. The Morgan fingerprint density at radius 1 is 1.23 bits per heavy atom. The van der Waals surface area contributed by atoms with E-state index < -0.39 is 58.0 Å². The molecule has 0 aromatic heterocycles. The van der Waals surface area contributed by atoms with Crippen molar-refractivity contribution in [2.45, 2.75) is 37.8 Å². The lowest BCUT2D eigenvalue weighted by molar-refractivity contribution is -0.138. The summed E-state index contributed by atoms with van der Waals surface area (Å²) >= 11 is 0. The van der Waals surface area contributed by atoms with Gasteiger partial charge in [-0.15, -0.1) is 0 Å². The molecule has 1 amide bonds. The highest BCUT2D eigenvalue weighted by Crippen LogP contribution is 2.53. The summed E-state index contributed by atoms with van der Waals surface area (Å²) in [4.78, 5) is 29.5. The van der Waals surface area contributed by atoms with Crippen molar-refractivity contribution in [2.24, 2.45) is 17.6 Å². The number of aliphatic hydroxyl groups excluding tert-OH is 2. The Morgan fingerprint density at radius 2 is 1.86 bits per heavy atom. The number of benzene rings is 1. The molecule has 0 bridgehead atoms. The van der Waals surface area contributed by atoms with E-state index >= 15 is 0 Å². The number of likely N-dealkylation sites (N-methyl/N-ethyl adjacent to an activating group) is 1. The van der Waals surface area contributed by atoms with Gasteiger partial charge in [-0.05, 0) is 56.5 Å². The molecule has 0 spiro atoms. The number of nitrogens with one attached hydrogen (secondary N) is 1. The summed E-state index contributed by atoms with van der Waals surface area (Å²) in [6.45, 7) is 1.87. The number of anilines is 1. The fourth-order valence-electron chi connectivity index (χ4n) is 6.07. The number of fused-ring (bicyclic) bond motifs is 3. The standard InChI is InChI=1S/C25H32N4O6/c1-6-10-9-14(28(2)3)12-7-11-8-13-18(29(4)5)21(32)17(24(27)34)22(26)25(13,35)23(33)15(11)20(31)16(12)19(10)30/h9,11,13,18,26,30-32,35H,6-8H2,1-5H3,(H2,27,34)/t11-,13-,18+,25+/m0/s1. The normalized spacial score (nSPS) is 28.1. The van der Waals surface area contributed by atoms with Crippen molar-refractivity contribution in [2.75, 3.05) is 33.1 Å². The monoisotopic (exact) mass is 484 g/mol. The fraction of sp³-hybridized carbons (Fsp3) is 0.480. The van der Waals surface area contributed by atoms with Crippen molar-refractivity contribution in [1.29, 1.82) is 5.41 Å². The number of ketones is 1. The minimum atomic E-state index is -2.48. The second-order valence-corrected chi connectivity index (χ2v) is 10.0. The van der Waals surface area contributed by atoms with Gasteiger partial charge in [-0.3, -0.25) is 14.5 Å². The predicted molar refractivity (Wildman–Crippen MR) is 131 cm³/mol. The van der Waals surface area contributed by atoms with Crippen LogP contribution < -0.4 is 10.6 Å². The van der Waals surface area contributed by atoms with Crippen molar-refractivity contribution in [3.05, 3.63) is 39.7 Å². The van der Waals surface area contributed by atoms with Gasteiger partial charge in [-0.25, -0.2) is 0 Å². The third-order valence-corrected chi connectivity index (χ3v) is 7.69. The number of rotatable bonds is 4. The number of primary amides is 1. The second kappa shape index (κ2) is 8.10. The number of nitrogens with two attached hydrogens (primary N) is 1. The molecule has 0 unspecified atom stereocenters. The van der Waals surface area contributed by atoms with E-state index in [0.29, 0.717) is 24.0 Å². The van der Waals surface area contributed by atoms with Gasteiger partial charge in [-0.1, -0.05) is 6.92 Å². The number of Topliss-reactive ketones (excluding diaryl/α,β-unsaturated/α-hetero) is 1. The smallest absolute Gasteiger partial charge is 0.254 e. The quantitative estimate of drug-likeness (QED) is 0.368. The van der Waals surface area contributed by atoms with Crippen LogP contribution in [-0.4, -0.2) is 82.6 Å². The number of amides is 1. The van der Waals surface area contributed by atoms with E-state index in [1.807, 2.05) is 32.0 Å². The van der Waals surface area contributed by atoms with Gasteiger partial charge >= 0.3 is 0 Å². The number of hydrogen-bond donors (Lipinski definition) is 6. The van der Waals surface area contributed by atoms with Crippen LogP contribution in [0.1, 0.15) is 30.0 Å². The van der Waals surface area contributed by atoms with Crippen LogP contribution in [0.4, 0.5) is 5.69 Å². The third-order valence-electron chi connectivity index (χ3n) is 7.69. The van der Waals surface area contributed by atoms with Crippen LogP contribution in [0, 0.1) is 17.2 Å². The highest BCUT2D eigenvalue weighted by Gasteiger charge is 2.63. The Hall–Kier alpha value is -3.37. The molecule has 188 valence electrons. The summed E-state index contributed by atoms with van der Waals surface area (Å²) in [5, 5.41) is 53.5. The van der Waals surface area contributed by atoms with E-state index in [9.17, 15) is 30.0 Å². The first-order valence-electron chi connectivity index (χ1n) is 11.5. The molecule has 0 saturated heterocycles. The molecular formula is C25H32N4O6. The number of phenolic OH excluding ortho intramolecular Hbond substituents is 1.